The summed E-state index contributed by atoms with van der Waals surface area (Å²) in [7, 11) is 1.22. The maximum Gasteiger partial charge on any atom is 0.408 e. The molecule has 3 N–H and O–H groups in total. The second-order valence-corrected chi connectivity index (χ2v) is 6.54. The number of carbonyl (C=O) groups excluding carboxylic acids is 2. The van der Waals surface area contributed by atoms with Crippen molar-refractivity contribution in [2.45, 2.75) is 45.4 Å². The Labute approximate surface area is 159 Å². The summed E-state index contributed by atoms with van der Waals surface area (Å²) in [6.45, 7) is 4.16. The van der Waals surface area contributed by atoms with Gasteiger partial charge in [-0.1, -0.05) is 44.2 Å². The van der Waals surface area contributed by atoms with Crippen molar-refractivity contribution in [2.24, 2.45) is 5.92 Å². The van der Waals surface area contributed by atoms with Crippen molar-refractivity contribution in [1.29, 1.82) is 0 Å². The molecule has 0 saturated heterocycles. The van der Waals surface area contributed by atoms with E-state index in [1.165, 1.54) is 7.11 Å². The Balaban J connectivity index is 2.51. The molecule has 8 nitrogen and oxygen atoms in total. The predicted octanol–water partition coefficient (Wildman–Crippen LogP) is 1.93. The van der Waals surface area contributed by atoms with Crippen LogP contribution >= 0.6 is 0 Å². The highest BCUT2D eigenvalue weighted by atomic mass is 16.6. The fourth-order valence-corrected chi connectivity index (χ4v) is 2.44. The van der Waals surface area contributed by atoms with Gasteiger partial charge in [0.15, 0.2) is 0 Å². The van der Waals surface area contributed by atoms with E-state index in [4.69, 9.17) is 9.47 Å². The zero-order valence-electron chi connectivity index (χ0n) is 15.9. The molecule has 27 heavy (non-hydrogen) atoms. The normalized spacial score (nSPS) is 12.9. The van der Waals surface area contributed by atoms with Gasteiger partial charge >= 0.3 is 18.0 Å². The van der Waals surface area contributed by atoms with Crippen LogP contribution in [-0.4, -0.2) is 48.9 Å². The van der Waals surface area contributed by atoms with Gasteiger partial charge in [-0.25, -0.2) is 9.59 Å². The maximum absolute atomic E-state index is 11.9. The van der Waals surface area contributed by atoms with Crippen LogP contribution in [0.5, 0.6) is 0 Å². The molecule has 0 bridgehead atoms. The highest BCUT2D eigenvalue weighted by Crippen LogP contribution is 2.06. The maximum atomic E-state index is 11.9. The van der Waals surface area contributed by atoms with Crippen molar-refractivity contribution < 1.29 is 29.0 Å². The van der Waals surface area contributed by atoms with E-state index in [0.717, 1.165) is 5.56 Å². The van der Waals surface area contributed by atoms with Crippen LogP contribution in [0.4, 0.5) is 4.79 Å². The summed E-state index contributed by atoms with van der Waals surface area (Å²) < 4.78 is 9.79. The summed E-state index contributed by atoms with van der Waals surface area (Å²) in [6.07, 6.45) is -0.106. The number of aliphatic carboxylic acids is 1. The highest BCUT2D eigenvalue weighted by molar-refractivity contribution is 5.81. The molecule has 1 amide bonds. The van der Waals surface area contributed by atoms with Gasteiger partial charge in [-0.05, 0) is 30.9 Å². The van der Waals surface area contributed by atoms with E-state index >= 15 is 0 Å². The molecule has 0 aliphatic heterocycles. The Morgan fingerprint density at radius 1 is 1.11 bits per heavy atom. The minimum Gasteiger partial charge on any atom is -0.480 e. The standard InChI is InChI=1S/C19H28N2O6/c1-13(2)11-16(17(22)23)20-10-9-15(18(24)26-3)21-19(25)27-12-14-7-5-4-6-8-14/h4-8,13,15-16,20H,9-12H2,1-3H3,(H,21,25)(H,22,23)/t15-,16+/m1/s1. The summed E-state index contributed by atoms with van der Waals surface area (Å²) in [6, 6.07) is 7.50. The van der Waals surface area contributed by atoms with Crippen molar-refractivity contribution in [3.05, 3.63) is 35.9 Å². The summed E-state index contributed by atoms with van der Waals surface area (Å²) in [5, 5.41) is 14.6. The lowest BCUT2D eigenvalue weighted by atomic mass is 10.0. The number of esters is 1. The van der Waals surface area contributed by atoms with Gasteiger partial charge in [0.05, 0.1) is 7.11 Å². The van der Waals surface area contributed by atoms with Crippen LogP contribution in [0.15, 0.2) is 30.3 Å². The zero-order chi connectivity index (χ0) is 20.2. The van der Waals surface area contributed by atoms with Gasteiger partial charge in [0.25, 0.3) is 0 Å². The van der Waals surface area contributed by atoms with E-state index in [1.54, 1.807) is 0 Å². The van der Waals surface area contributed by atoms with Gasteiger partial charge < -0.3 is 25.2 Å². The number of hydrogen-bond acceptors (Lipinski definition) is 6. The first-order valence-corrected chi connectivity index (χ1v) is 8.84. The van der Waals surface area contributed by atoms with Crippen LogP contribution in [0.2, 0.25) is 0 Å². The van der Waals surface area contributed by atoms with Crippen LogP contribution < -0.4 is 10.6 Å². The molecule has 0 aliphatic carbocycles. The van der Waals surface area contributed by atoms with Crippen molar-refractivity contribution in [2.75, 3.05) is 13.7 Å². The molecule has 1 rings (SSSR count). The van der Waals surface area contributed by atoms with Gasteiger partial charge in [0.1, 0.15) is 18.7 Å². The Kier molecular flexibility index (Phi) is 9.89. The van der Waals surface area contributed by atoms with E-state index in [2.05, 4.69) is 10.6 Å². The van der Waals surface area contributed by atoms with Crippen LogP contribution in [0, 0.1) is 5.92 Å². The molecule has 0 unspecified atom stereocenters. The average Bonchev–Trinajstić information content (AvgIpc) is 2.64. The van der Waals surface area contributed by atoms with Crippen molar-refractivity contribution in [3.8, 4) is 0 Å². The van der Waals surface area contributed by atoms with Crippen LogP contribution in [-0.2, 0) is 25.7 Å². The molecule has 0 fully saturated rings. The highest BCUT2D eigenvalue weighted by Gasteiger charge is 2.24. The minimum atomic E-state index is -0.950. The smallest absolute Gasteiger partial charge is 0.408 e. The van der Waals surface area contributed by atoms with Crippen LogP contribution in [0.3, 0.4) is 0 Å². The van der Waals surface area contributed by atoms with Crippen molar-refractivity contribution in [3.63, 3.8) is 0 Å². The molecule has 150 valence electrons. The number of amides is 1. The number of rotatable bonds is 11. The number of benzene rings is 1. The second kappa shape index (κ2) is 11.9. The van der Waals surface area contributed by atoms with Gasteiger partial charge in [-0.15, -0.1) is 0 Å². The third-order valence-electron chi connectivity index (χ3n) is 3.82. The van der Waals surface area contributed by atoms with Crippen molar-refractivity contribution >= 4 is 18.0 Å². The van der Waals surface area contributed by atoms with E-state index < -0.39 is 30.1 Å². The number of carbonyl (C=O) groups is 3. The number of alkyl carbamates (subject to hydrolysis) is 1. The summed E-state index contributed by atoms with van der Waals surface area (Å²) in [4.78, 5) is 35.1. The lowest BCUT2D eigenvalue weighted by Gasteiger charge is -2.19. The Hall–Kier alpha value is -2.61. The molecule has 0 aliphatic rings. The average molecular weight is 380 g/mol. The molecule has 0 radical (unpaired) electrons. The lowest BCUT2D eigenvalue weighted by molar-refractivity contribution is -0.143. The van der Waals surface area contributed by atoms with E-state index in [0.29, 0.717) is 6.42 Å². The summed E-state index contributed by atoms with van der Waals surface area (Å²) in [5.41, 5.74) is 0.821. The fourth-order valence-electron chi connectivity index (χ4n) is 2.44. The molecule has 0 saturated carbocycles. The molecule has 1 aromatic carbocycles. The zero-order valence-corrected chi connectivity index (χ0v) is 15.9. The lowest BCUT2D eigenvalue weighted by Crippen LogP contribution is -2.45. The largest absolute Gasteiger partial charge is 0.480 e. The Morgan fingerprint density at radius 3 is 2.33 bits per heavy atom. The van der Waals surface area contributed by atoms with Crippen molar-refractivity contribution in [1.82, 2.24) is 10.6 Å². The Bertz CT molecular complexity index is 605. The first kappa shape index (κ1) is 22.4. The number of nitrogens with one attached hydrogen (secondary N) is 2. The van der Waals surface area contributed by atoms with Crippen LogP contribution in [0.1, 0.15) is 32.3 Å². The number of methoxy groups -OCH3 is 1. The topological polar surface area (TPSA) is 114 Å². The molecular weight excluding hydrogens is 352 g/mol. The molecule has 0 aromatic heterocycles. The van der Waals surface area contributed by atoms with Gasteiger partial charge in [-0.2, -0.15) is 0 Å². The van der Waals surface area contributed by atoms with Gasteiger partial charge in [0.2, 0.25) is 0 Å². The van der Waals surface area contributed by atoms with Gasteiger partial charge in [-0.3, -0.25) is 4.79 Å². The Morgan fingerprint density at radius 2 is 1.78 bits per heavy atom. The minimum absolute atomic E-state index is 0.0777. The third kappa shape index (κ3) is 9.05. The third-order valence-corrected chi connectivity index (χ3v) is 3.82. The SMILES string of the molecule is COC(=O)[C@@H](CCN[C@@H](CC(C)C)C(=O)O)NC(=O)OCc1ccccc1. The molecule has 0 heterocycles. The predicted molar refractivity (Wildman–Crippen MR) is 99.1 cm³/mol. The molecule has 0 spiro atoms. The molecule has 8 heteroatoms. The van der Waals surface area contributed by atoms with Crippen LogP contribution in [0.25, 0.3) is 0 Å². The number of carboxylic acid groups (broad SMARTS) is 1. The van der Waals surface area contributed by atoms with E-state index in [9.17, 15) is 19.5 Å². The summed E-state index contributed by atoms with van der Waals surface area (Å²) >= 11 is 0. The first-order chi connectivity index (χ1) is 12.8. The second-order valence-electron chi connectivity index (χ2n) is 6.54. The first-order valence-electron chi connectivity index (χ1n) is 8.84. The fraction of sp³-hybridized carbons (Fsp3) is 0.526. The van der Waals surface area contributed by atoms with E-state index in [1.807, 2.05) is 44.2 Å². The molecular formula is C19H28N2O6. The quantitative estimate of drug-likeness (QED) is 0.503. The molecule has 1 aromatic rings. The summed E-state index contributed by atoms with van der Waals surface area (Å²) in [5.74, 6) is -1.36. The monoisotopic (exact) mass is 380 g/mol. The van der Waals surface area contributed by atoms with Gasteiger partial charge in [0, 0.05) is 0 Å². The number of carboxylic acids is 1. The number of hydrogen-bond donors (Lipinski definition) is 3. The molecule has 2 atom stereocenters. The number of ether oxygens (including phenoxy) is 2. The van der Waals surface area contributed by atoms with E-state index in [-0.39, 0.29) is 25.5 Å².